The molecule has 0 aliphatic carbocycles. The zero-order chi connectivity index (χ0) is 20.5. The molecule has 1 N–H and O–H groups in total. The van der Waals surface area contributed by atoms with Gasteiger partial charge in [-0.2, -0.15) is 0 Å². The van der Waals surface area contributed by atoms with Gasteiger partial charge in [0.1, 0.15) is 11.5 Å². The van der Waals surface area contributed by atoms with Crippen molar-refractivity contribution >= 4 is 16.8 Å². The molecule has 3 heterocycles. The molecule has 1 aliphatic heterocycles. The molecule has 7 heteroatoms. The summed E-state index contributed by atoms with van der Waals surface area (Å²) in [6, 6.07) is 13.8. The molecule has 0 atom stereocenters. The molecule has 2 aromatic heterocycles. The van der Waals surface area contributed by atoms with Crippen molar-refractivity contribution in [3.05, 3.63) is 72.3 Å². The standard InChI is InChI=1S/C23H19FN4O2/c24-18-5-6-19-17(11-18)12-20(26-19)22-14-25-13-21(27-22)15-1-3-16(4-2-15)23(29)28-7-9-30-10-8-28/h1-6,11-14,26H,7-10H2. The number of carbonyl (C=O) groups is 1. The van der Waals surface area contributed by atoms with Gasteiger partial charge in [0.05, 0.1) is 37.0 Å². The Morgan fingerprint density at radius 2 is 1.77 bits per heavy atom. The van der Waals surface area contributed by atoms with Crippen molar-refractivity contribution in [2.24, 2.45) is 0 Å². The van der Waals surface area contributed by atoms with E-state index < -0.39 is 0 Å². The Morgan fingerprint density at radius 3 is 2.57 bits per heavy atom. The van der Waals surface area contributed by atoms with E-state index in [2.05, 4.69) is 9.97 Å². The van der Waals surface area contributed by atoms with Crippen LogP contribution in [0.15, 0.2) is 60.9 Å². The summed E-state index contributed by atoms with van der Waals surface area (Å²) in [5.74, 6) is -0.269. The minimum absolute atomic E-state index is 0.00925. The van der Waals surface area contributed by atoms with Crippen LogP contribution in [-0.2, 0) is 4.74 Å². The number of hydrogen-bond acceptors (Lipinski definition) is 4. The summed E-state index contributed by atoms with van der Waals surface area (Å²) in [5.41, 5.74) is 4.47. The van der Waals surface area contributed by atoms with Gasteiger partial charge in [-0.25, -0.2) is 9.37 Å². The van der Waals surface area contributed by atoms with Crippen LogP contribution in [0.4, 0.5) is 4.39 Å². The number of aromatic amines is 1. The summed E-state index contributed by atoms with van der Waals surface area (Å²) in [7, 11) is 0. The van der Waals surface area contributed by atoms with E-state index in [4.69, 9.17) is 9.72 Å². The van der Waals surface area contributed by atoms with E-state index in [0.717, 1.165) is 22.2 Å². The summed E-state index contributed by atoms with van der Waals surface area (Å²) >= 11 is 0. The van der Waals surface area contributed by atoms with Crippen molar-refractivity contribution in [3.8, 4) is 22.6 Å². The number of hydrogen-bond donors (Lipinski definition) is 1. The van der Waals surface area contributed by atoms with E-state index >= 15 is 0 Å². The van der Waals surface area contributed by atoms with E-state index in [1.807, 2.05) is 30.3 Å². The van der Waals surface area contributed by atoms with Crippen LogP contribution >= 0.6 is 0 Å². The number of nitrogens with one attached hydrogen (secondary N) is 1. The lowest BCUT2D eigenvalue weighted by molar-refractivity contribution is 0.0303. The van der Waals surface area contributed by atoms with Gasteiger partial charge in [0.2, 0.25) is 0 Å². The highest BCUT2D eigenvalue weighted by molar-refractivity contribution is 5.94. The topological polar surface area (TPSA) is 71.1 Å². The highest BCUT2D eigenvalue weighted by Crippen LogP contribution is 2.25. The van der Waals surface area contributed by atoms with E-state index in [-0.39, 0.29) is 11.7 Å². The Morgan fingerprint density at radius 1 is 1.00 bits per heavy atom. The fraction of sp³-hybridized carbons (Fsp3) is 0.174. The number of aromatic nitrogens is 3. The first kappa shape index (κ1) is 18.4. The Hall–Kier alpha value is -3.58. The molecular formula is C23H19FN4O2. The molecule has 1 aliphatic rings. The molecule has 0 saturated carbocycles. The summed E-state index contributed by atoms with van der Waals surface area (Å²) in [6.07, 6.45) is 3.35. The van der Waals surface area contributed by atoms with Crippen LogP contribution in [0.3, 0.4) is 0 Å². The highest BCUT2D eigenvalue weighted by Gasteiger charge is 2.18. The smallest absolute Gasteiger partial charge is 0.254 e. The van der Waals surface area contributed by atoms with Crippen molar-refractivity contribution in [1.82, 2.24) is 19.9 Å². The average Bonchev–Trinajstić information content (AvgIpc) is 3.23. The quantitative estimate of drug-likeness (QED) is 0.564. The van der Waals surface area contributed by atoms with Gasteiger partial charge >= 0.3 is 0 Å². The van der Waals surface area contributed by atoms with Crippen molar-refractivity contribution in [2.75, 3.05) is 26.3 Å². The Balaban J connectivity index is 1.41. The van der Waals surface area contributed by atoms with Gasteiger partial charge in [-0.3, -0.25) is 9.78 Å². The largest absolute Gasteiger partial charge is 0.378 e. The summed E-state index contributed by atoms with van der Waals surface area (Å²) < 4.78 is 18.8. The molecule has 150 valence electrons. The van der Waals surface area contributed by atoms with Crippen molar-refractivity contribution in [1.29, 1.82) is 0 Å². The third-order valence-electron chi connectivity index (χ3n) is 5.22. The van der Waals surface area contributed by atoms with Crippen LogP contribution in [-0.4, -0.2) is 52.1 Å². The van der Waals surface area contributed by atoms with Crippen LogP contribution in [0.1, 0.15) is 10.4 Å². The summed E-state index contributed by atoms with van der Waals surface area (Å²) in [5, 5.41) is 0.781. The Bertz CT molecular complexity index is 1210. The third-order valence-corrected chi connectivity index (χ3v) is 5.22. The van der Waals surface area contributed by atoms with Crippen molar-refractivity contribution in [2.45, 2.75) is 0 Å². The molecule has 0 radical (unpaired) electrons. The van der Waals surface area contributed by atoms with E-state index in [1.54, 1.807) is 23.4 Å². The van der Waals surface area contributed by atoms with E-state index in [9.17, 15) is 9.18 Å². The maximum Gasteiger partial charge on any atom is 0.254 e. The second-order valence-corrected chi connectivity index (χ2v) is 7.19. The minimum atomic E-state index is -0.278. The molecule has 2 aromatic carbocycles. The fourth-order valence-corrected chi connectivity index (χ4v) is 3.61. The van der Waals surface area contributed by atoms with Crippen LogP contribution in [0.2, 0.25) is 0 Å². The minimum Gasteiger partial charge on any atom is -0.378 e. The van der Waals surface area contributed by atoms with Crippen molar-refractivity contribution < 1.29 is 13.9 Å². The van der Waals surface area contributed by atoms with Crippen LogP contribution in [0, 0.1) is 5.82 Å². The van der Waals surface area contributed by atoms with Crippen molar-refractivity contribution in [3.63, 3.8) is 0 Å². The lowest BCUT2D eigenvalue weighted by atomic mass is 10.1. The number of H-pyrrole nitrogens is 1. The van der Waals surface area contributed by atoms with Gasteiger partial charge in [-0.1, -0.05) is 12.1 Å². The molecule has 1 saturated heterocycles. The number of halogens is 1. The van der Waals surface area contributed by atoms with Crippen LogP contribution in [0.5, 0.6) is 0 Å². The summed E-state index contributed by atoms with van der Waals surface area (Å²) in [4.78, 5) is 26.7. The second kappa shape index (κ2) is 7.68. The molecule has 1 amide bonds. The van der Waals surface area contributed by atoms with Crippen LogP contribution in [0.25, 0.3) is 33.5 Å². The number of ether oxygens (including phenoxy) is 1. The van der Waals surface area contributed by atoms with Gasteiger partial charge in [0.25, 0.3) is 5.91 Å². The molecule has 6 nitrogen and oxygen atoms in total. The number of nitrogens with zero attached hydrogens (tertiary/aromatic N) is 3. The first-order valence-corrected chi connectivity index (χ1v) is 9.75. The molecule has 0 spiro atoms. The Kier molecular flexibility index (Phi) is 4.72. The van der Waals surface area contributed by atoms with E-state index in [1.165, 1.54) is 12.1 Å². The van der Waals surface area contributed by atoms with Gasteiger partial charge in [-0.15, -0.1) is 0 Å². The summed E-state index contributed by atoms with van der Waals surface area (Å²) in [6.45, 7) is 2.38. The average molecular weight is 402 g/mol. The fourth-order valence-electron chi connectivity index (χ4n) is 3.61. The lowest BCUT2D eigenvalue weighted by Crippen LogP contribution is -2.40. The third kappa shape index (κ3) is 3.55. The number of fused-ring (bicyclic) bond motifs is 1. The number of rotatable bonds is 3. The van der Waals surface area contributed by atoms with Gasteiger partial charge in [0, 0.05) is 35.1 Å². The van der Waals surface area contributed by atoms with Gasteiger partial charge in [-0.05, 0) is 36.4 Å². The molecule has 1 fully saturated rings. The maximum absolute atomic E-state index is 13.5. The molecule has 30 heavy (non-hydrogen) atoms. The highest BCUT2D eigenvalue weighted by atomic mass is 19.1. The number of benzene rings is 2. The maximum atomic E-state index is 13.5. The number of amides is 1. The second-order valence-electron chi connectivity index (χ2n) is 7.19. The molecule has 0 unspecified atom stereocenters. The monoisotopic (exact) mass is 402 g/mol. The first-order chi connectivity index (χ1) is 14.7. The number of morpholine rings is 1. The number of carbonyl (C=O) groups excluding carboxylic acids is 1. The normalized spacial score (nSPS) is 14.2. The lowest BCUT2D eigenvalue weighted by Gasteiger charge is -2.26. The van der Waals surface area contributed by atoms with Gasteiger partial charge < -0.3 is 14.6 Å². The van der Waals surface area contributed by atoms with E-state index in [0.29, 0.717) is 43.3 Å². The molecule has 5 rings (SSSR count). The SMILES string of the molecule is O=C(c1ccc(-c2cncc(-c3cc4cc(F)ccc4[nH]3)n2)cc1)N1CCOCC1. The zero-order valence-corrected chi connectivity index (χ0v) is 16.1. The van der Waals surface area contributed by atoms with Crippen LogP contribution < -0.4 is 0 Å². The predicted octanol–water partition coefficient (Wildman–Crippen LogP) is 3.90. The predicted molar refractivity (Wildman–Crippen MR) is 111 cm³/mol. The molecular weight excluding hydrogens is 383 g/mol. The zero-order valence-electron chi connectivity index (χ0n) is 16.1. The van der Waals surface area contributed by atoms with Gasteiger partial charge in [0.15, 0.2) is 0 Å². The Labute approximate surface area is 172 Å². The first-order valence-electron chi connectivity index (χ1n) is 9.75. The molecule has 0 bridgehead atoms. The molecule has 4 aromatic rings.